The van der Waals surface area contributed by atoms with Gasteiger partial charge in [-0.25, -0.2) is 4.39 Å². The molecule has 0 spiro atoms. The molecule has 3 aromatic rings. The van der Waals surface area contributed by atoms with Gasteiger partial charge in [0.2, 0.25) is 6.36 Å². The van der Waals surface area contributed by atoms with Crippen LogP contribution in [0.25, 0.3) is 22.3 Å². The number of carbonyl (C=O) groups excluding carboxylic acids is 1. The Balaban J connectivity index is 1.73. The van der Waals surface area contributed by atoms with Gasteiger partial charge in [-0.05, 0) is 52.3 Å². The summed E-state index contributed by atoms with van der Waals surface area (Å²) in [6.45, 7) is 9.69. The van der Waals surface area contributed by atoms with Gasteiger partial charge in [-0.1, -0.05) is 12.1 Å². The van der Waals surface area contributed by atoms with Gasteiger partial charge >= 0.3 is 0 Å². The highest BCUT2D eigenvalue weighted by molar-refractivity contribution is 6.00. The van der Waals surface area contributed by atoms with E-state index in [2.05, 4.69) is 4.98 Å². The maximum absolute atomic E-state index is 13.3. The fourth-order valence-corrected chi connectivity index (χ4v) is 4.52. The number of ether oxygens (including phenoxy) is 2. The van der Waals surface area contributed by atoms with Crippen LogP contribution in [0, 0.1) is 5.41 Å². The van der Waals surface area contributed by atoms with Crippen molar-refractivity contribution in [3.8, 4) is 17.0 Å². The first-order valence-corrected chi connectivity index (χ1v) is 11.6. The van der Waals surface area contributed by atoms with Crippen LogP contribution in [0.15, 0.2) is 36.5 Å². The number of halogens is 1. The van der Waals surface area contributed by atoms with E-state index >= 15 is 0 Å². The van der Waals surface area contributed by atoms with Crippen molar-refractivity contribution < 1.29 is 23.8 Å². The monoisotopic (exact) mass is 469 g/mol. The second-order valence-electron chi connectivity index (χ2n) is 9.91. The number of pyridine rings is 1. The minimum atomic E-state index is -1.43. The molecule has 8 heteroatoms. The van der Waals surface area contributed by atoms with E-state index in [4.69, 9.17) is 14.6 Å². The molecule has 0 bridgehead atoms. The SMILES string of the molecule is CC(F)Oc1cccc(-c2nn(C(C)C)c3cc(C(=O)C[C@]4(C(C)(C)O)CCOC4)cnc23)c1. The lowest BCUT2D eigenvalue weighted by Gasteiger charge is -2.38. The maximum Gasteiger partial charge on any atom is 0.235 e. The van der Waals surface area contributed by atoms with Crippen LogP contribution >= 0.6 is 0 Å². The molecule has 4 rings (SSSR count). The molecule has 1 aliphatic rings. The zero-order valence-corrected chi connectivity index (χ0v) is 20.3. The summed E-state index contributed by atoms with van der Waals surface area (Å²) in [5, 5.41) is 15.5. The molecule has 0 amide bonds. The Labute approximate surface area is 198 Å². The van der Waals surface area contributed by atoms with Crippen LogP contribution in [-0.4, -0.2) is 50.8 Å². The minimum absolute atomic E-state index is 0.0275. The molecule has 2 atom stereocenters. The van der Waals surface area contributed by atoms with Crippen LogP contribution in [-0.2, 0) is 4.74 Å². The summed E-state index contributed by atoms with van der Waals surface area (Å²) in [4.78, 5) is 17.9. The molecular weight excluding hydrogens is 437 g/mol. The number of carbonyl (C=O) groups is 1. The first kappa shape index (κ1) is 24.3. The Morgan fingerprint density at radius 3 is 2.71 bits per heavy atom. The fraction of sp³-hybridized carbons (Fsp3) is 0.500. The molecule has 1 aliphatic heterocycles. The molecule has 34 heavy (non-hydrogen) atoms. The zero-order chi connectivity index (χ0) is 24.7. The molecule has 1 saturated heterocycles. The number of Topliss-reactive ketones (excluding diaryl/α,β-unsaturated/α-hetero) is 1. The predicted octanol–water partition coefficient (Wildman–Crippen LogP) is 5.12. The molecule has 0 radical (unpaired) electrons. The summed E-state index contributed by atoms with van der Waals surface area (Å²) in [7, 11) is 0. The van der Waals surface area contributed by atoms with Gasteiger partial charge in [0.05, 0.1) is 17.7 Å². The van der Waals surface area contributed by atoms with Gasteiger partial charge in [0, 0.05) is 48.7 Å². The van der Waals surface area contributed by atoms with Gasteiger partial charge in [-0.3, -0.25) is 14.5 Å². The van der Waals surface area contributed by atoms with Crippen molar-refractivity contribution >= 4 is 16.8 Å². The lowest BCUT2D eigenvalue weighted by Crippen LogP contribution is -2.45. The first-order valence-electron chi connectivity index (χ1n) is 11.6. The van der Waals surface area contributed by atoms with Crippen LogP contribution in [0.2, 0.25) is 0 Å². The number of fused-ring (bicyclic) bond motifs is 1. The van der Waals surface area contributed by atoms with Gasteiger partial charge < -0.3 is 14.6 Å². The number of benzene rings is 1. The van der Waals surface area contributed by atoms with Gasteiger partial charge in [0.25, 0.3) is 0 Å². The number of hydrogen-bond donors (Lipinski definition) is 1. The van der Waals surface area contributed by atoms with E-state index in [1.807, 2.05) is 30.7 Å². The van der Waals surface area contributed by atoms with Crippen LogP contribution < -0.4 is 4.74 Å². The smallest absolute Gasteiger partial charge is 0.235 e. The standard InChI is InChI=1S/C26H32FN3O4/c1-16(2)30-21-12-19(22(31)13-26(25(4,5)32)9-10-33-15-26)14-28-24(21)23(29-30)18-7-6-8-20(11-18)34-17(3)27/h6-8,11-12,14,16-17,32H,9-10,13,15H2,1-5H3/t17?,26-/m1/s1. The van der Waals surface area contributed by atoms with E-state index in [1.54, 1.807) is 38.2 Å². The molecule has 7 nitrogen and oxygen atoms in total. The number of nitrogens with zero attached hydrogens (tertiary/aromatic N) is 3. The zero-order valence-electron chi connectivity index (χ0n) is 20.3. The lowest BCUT2D eigenvalue weighted by atomic mass is 9.69. The average Bonchev–Trinajstić information content (AvgIpc) is 3.38. The molecule has 182 valence electrons. The van der Waals surface area contributed by atoms with Crippen LogP contribution in [0.4, 0.5) is 4.39 Å². The normalized spacial score (nSPS) is 19.6. The fourth-order valence-electron chi connectivity index (χ4n) is 4.52. The molecule has 0 saturated carbocycles. The van der Waals surface area contributed by atoms with Gasteiger partial charge in [-0.15, -0.1) is 0 Å². The molecule has 1 aromatic carbocycles. The quantitative estimate of drug-likeness (QED) is 0.461. The summed E-state index contributed by atoms with van der Waals surface area (Å²) in [6.07, 6.45) is 0.942. The summed E-state index contributed by atoms with van der Waals surface area (Å²) < 4.78 is 25.9. The van der Waals surface area contributed by atoms with E-state index in [1.165, 1.54) is 6.92 Å². The Bertz CT molecular complexity index is 1190. The van der Waals surface area contributed by atoms with Crippen LogP contribution in [0.5, 0.6) is 5.75 Å². The number of aliphatic hydroxyl groups is 1. The second kappa shape index (κ2) is 9.07. The van der Waals surface area contributed by atoms with E-state index in [-0.39, 0.29) is 18.2 Å². The van der Waals surface area contributed by atoms with Crippen LogP contribution in [0.3, 0.4) is 0 Å². The topological polar surface area (TPSA) is 86.5 Å². The number of ketones is 1. The molecule has 1 N–H and O–H groups in total. The Kier molecular flexibility index (Phi) is 6.48. The van der Waals surface area contributed by atoms with Gasteiger partial charge in [0.15, 0.2) is 5.78 Å². The highest BCUT2D eigenvalue weighted by atomic mass is 19.1. The summed E-state index contributed by atoms with van der Waals surface area (Å²) in [6, 6.07) is 8.92. The van der Waals surface area contributed by atoms with E-state index in [0.717, 1.165) is 11.1 Å². The molecule has 2 aromatic heterocycles. The number of hydrogen-bond acceptors (Lipinski definition) is 6. The Morgan fingerprint density at radius 1 is 1.32 bits per heavy atom. The third-order valence-corrected chi connectivity index (χ3v) is 6.66. The van der Waals surface area contributed by atoms with Gasteiger partial charge in [-0.2, -0.15) is 5.10 Å². The third-order valence-electron chi connectivity index (χ3n) is 6.66. The Morgan fingerprint density at radius 2 is 2.09 bits per heavy atom. The largest absolute Gasteiger partial charge is 0.461 e. The highest BCUT2D eigenvalue weighted by Crippen LogP contribution is 2.43. The number of rotatable bonds is 8. The van der Waals surface area contributed by atoms with Crippen molar-refractivity contribution in [1.82, 2.24) is 14.8 Å². The van der Waals surface area contributed by atoms with E-state index in [9.17, 15) is 14.3 Å². The average molecular weight is 470 g/mol. The summed E-state index contributed by atoms with van der Waals surface area (Å²) in [5.74, 6) is 0.314. The van der Waals surface area contributed by atoms with Crippen molar-refractivity contribution in [1.29, 1.82) is 0 Å². The van der Waals surface area contributed by atoms with Gasteiger partial charge in [0.1, 0.15) is 17.0 Å². The third kappa shape index (κ3) is 4.57. The molecular formula is C26H32FN3O4. The molecule has 1 unspecified atom stereocenters. The second-order valence-corrected chi connectivity index (χ2v) is 9.91. The molecule has 1 fully saturated rings. The van der Waals surface area contributed by atoms with Crippen molar-refractivity contribution in [2.45, 2.75) is 65.5 Å². The summed E-state index contributed by atoms with van der Waals surface area (Å²) >= 11 is 0. The molecule has 3 heterocycles. The number of aromatic nitrogens is 3. The predicted molar refractivity (Wildman–Crippen MR) is 128 cm³/mol. The van der Waals surface area contributed by atoms with Crippen molar-refractivity contribution in [3.63, 3.8) is 0 Å². The number of alkyl halides is 1. The highest BCUT2D eigenvalue weighted by Gasteiger charge is 2.48. The first-order chi connectivity index (χ1) is 16.0. The van der Waals surface area contributed by atoms with Crippen molar-refractivity contribution in [2.75, 3.05) is 13.2 Å². The maximum atomic E-state index is 13.3. The minimum Gasteiger partial charge on any atom is -0.461 e. The van der Waals surface area contributed by atoms with Crippen LogP contribution in [0.1, 0.15) is 63.9 Å². The Hall–Kier alpha value is -2.84. The van der Waals surface area contributed by atoms with E-state index < -0.39 is 17.4 Å². The van der Waals surface area contributed by atoms with Crippen molar-refractivity contribution in [2.24, 2.45) is 5.41 Å². The lowest BCUT2D eigenvalue weighted by molar-refractivity contribution is -0.0593. The van der Waals surface area contributed by atoms with Crippen molar-refractivity contribution in [3.05, 3.63) is 42.1 Å². The molecule has 0 aliphatic carbocycles. The summed E-state index contributed by atoms with van der Waals surface area (Å²) in [5.41, 5.74) is 1.57. The van der Waals surface area contributed by atoms with E-state index in [0.29, 0.717) is 42.2 Å².